The molecule has 3 rings (SSSR count). The summed E-state index contributed by atoms with van der Waals surface area (Å²) in [5, 5.41) is 13.1. The summed E-state index contributed by atoms with van der Waals surface area (Å²) in [7, 11) is 7.81. The molecule has 0 spiro atoms. The van der Waals surface area contributed by atoms with Gasteiger partial charge in [0.15, 0.2) is 14.7 Å². The minimum atomic E-state index is -0.482. The lowest BCUT2D eigenvalue weighted by Crippen LogP contribution is -2.32. The van der Waals surface area contributed by atoms with Crippen molar-refractivity contribution in [2.24, 2.45) is 5.73 Å². The molecule has 3 aromatic heterocycles. The summed E-state index contributed by atoms with van der Waals surface area (Å²) in [5.74, 6) is 0. The summed E-state index contributed by atoms with van der Waals surface area (Å²) in [4.78, 5) is 39.2. The number of carbonyl (C=O) groups is 2. The van der Waals surface area contributed by atoms with Crippen molar-refractivity contribution in [1.82, 2.24) is 25.6 Å². The fourth-order valence-corrected chi connectivity index (χ4v) is 4.81. The molecule has 46 heavy (non-hydrogen) atoms. The molecular formula is C27H46Cl4N8O4S3. The number of alkyl carbamates (subject to hydrolysis) is 2. The Morgan fingerprint density at radius 1 is 0.761 bits per heavy atom. The van der Waals surface area contributed by atoms with Gasteiger partial charge in [-0.15, -0.1) is 69.6 Å². The van der Waals surface area contributed by atoms with E-state index in [1.165, 1.54) is 11.3 Å². The van der Waals surface area contributed by atoms with Gasteiger partial charge in [-0.25, -0.2) is 24.5 Å². The van der Waals surface area contributed by atoms with Crippen LogP contribution in [-0.4, -0.2) is 71.9 Å². The van der Waals surface area contributed by atoms with Crippen LogP contribution in [-0.2, 0) is 29.1 Å². The van der Waals surface area contributed by atoms with E-state index in [2.05, 4.69) is 25.6 Å². The Balaban J connectivity index is 0. The molecule has 0 unspecified atom stereocenters. The maximum Gasteiger partial charge on any atom is 0.407 e. The van der Waals surface area contributed by atoms with Crippen LogP contribution in [0.4, 0.5) is 19.9 Å². The van der Waals surface area contributed by atoms with Crippen LogP contribution in [0.5, 0.6) is 0 Å². The Morgan fingerprint density at radius 2 is 1.11 bits per heavy atom. The summed E-state index contributed by atoms with van der Waals surface area (Å²) in [6.45, 7) is 12.2. The second kappa shape index (κ2) is 23.5. The van der Waals surface area contributed by atoms with E-state index in [-0.39, 0.29) is 17.7 Å². The predicted octanol–water partition coefficient (Wildman–Crippen LogP) is 7.57. The molecule has 0 radical (unpaired) electrons. The number of nitrogens with zero attached hydrogens (tertiary/aromatic N) is 5. The first-order chi connectivity index (χ1) is 20.8. The maximum absolute atomic E-state index is 11.4. The third kappa shape index (κ3) is 23.5. The number of carbonyl (C=O) groups excluding carboxylic acids is 2. The molecule has 264 valence electrons. The molecule has 0 bridgehead atoms. The first-order valence-corrected chi connectivity index (χ1v) is 17.5. The molecule has 0 saturated heterocycles. The first kappa shape index (κ1) is 46.3. The molecule has 4 N–H and O–H groups in total. The Morgan fingerprint density at radius 3 is 1.39 bits per heavy atom. The van der Waals surface area contributed by atoms with Crippen molar-refractivity contribution in [3.63, 3.8) is 0 Å². The molecule has 0 atom stereocenters. The molecule has 0 saturated carbocycles. The zero-order valence-corrected chi connectivity index (χ0v) is 33.3. The average Bonchev–Trinajstić information content (AvgIpc) is 3.66. The molecule has 2 amide bonds. The van der Waals surface area contributed by atoms with Gasteiger partial charge in [-0.2, -0.15) is 0 Å². The predicted molar refractivity (Wildman–Crippen MR) is 198 cm³/mol. The zero-order valence-electron chi connectivity index (χ0n) is 27.8. The number of nitrogens with two attached hydrogens (primary N) is 1. The van der Waals surface area contributed by atoms with Gasteiger partial charge in [0, 0.05) is 50.9 Å². The van der Waals surface area contributed by atoms with Crippen LogP contribution in [0.25, 0.3) is 0 Å². The second-order valence-corrected chi connectivity index (χ2v) is 15.1. The summed E-state index contributed by atoms with van der Waals surface area (Å²) in [6.07, 6.45) is -0.872. The number of hydrogen-bond donors (Lipinski definition) is 3. The van der Waals surface area contributed by atoms with E-state index in [4.69, 9.17) is 50.0 Å². The highest BCUT2D eigenvalue weighted by Crippen LogP contribution is 2.18. The minimum absolute atomic E-state index is 0. The van der Waals surface area contributed by atoms with Crippen LogP contribution in [0.15, 0.2) is 16.1 Å². The van der Waals surface area contributed by atoms with Gasteiger partial charge in [-0.05, 0) is 41.5 Å². The number of rotatable bonds is 7. The molecule has 0 fully saturated rings. The largest absolute Gasteiger partial charge is 0.444 e. The number of alkyl halides is 2. The van der Waals surface area contributed by atoms with Gasteiger partial charge >= 0.3 is 12.2 Å². The average molecular weight is 785 g/mol. The van der Waals surface area contributed by atoms with Gasteiger partial charge in [0.25, 0.3) is 0 Å². The van der Waals surface area contributed by atoms with Crippen molar-refractivity contribution < 1.29 is 19.1 Å². The highest BCUT2D eigenvalue weighted by molar-refractivity contribution is 7.14. The SMILES string of the molecule is CC(C)(C)OC(=O)NCc1csc(Cl)n1.CN(C)c1nc(CN)cs1.CN(C)c1nc(CNC(=O)OC(C)(C)C)cs1.Cl.ClCCl. The highest BCUT2D eigenvalue weighted by atomic mass is 35.5. The van der Waals surface area contributed by atoms with E-state index in [1.807, 2.05) is 90.3 Å². The van der Waals surface area contributed by atoms with Gasteiger partial charge in [-0.1, -0.05) is 11.6 Å². The van der Waals surface area contributed by atoms with E-state index in [0.29, 0.717) is 24.1 Å². The van der Waals surface area contributed by atoms with Crippen molar-refractivity contribution in [2.45, 2.75) is 72.4 Å². The standard InChI is InChI=1S/C11H19N3O2S.C9H13ClN2O2S.C6H11N3S.CH2Cl2.ClH/c1-11(2,3)16-10(15)12-6-8-7-17-9(13-8)14(4)5;1-9(2,3)14-8(13)11-4-6-5-15-7(10)12-6;1-9(2)6-8-5(3-7)4-10-6;2-1-3;/h7H,6H2,1-5H3,(H,12,15);5H,4H2,1-3H3,(H,11,13);4H,3,7H2,1-2H3;1H2;1H. The Bertz CT molecular complexity index is 1260. The van der Waals surface area contributed by atoms with E-state index in [0.717, 1.165) is 27.3 Å². The number of hydrogen-bond acceptors (Lipinski definition) is 13. The van der Waals surface area contributed by atoms with Gasteiger partial charge < -0.3 is 35.6 Å². The Labute approximate surface area is 305 Å². The fourth-order valence-electron chi connectivity index (χ4n) is 2.50. The van der Waals surface area contributed by atoms with E-state index in [9.17, 15) is 9.59 Å². The third-order valence-electron chi connectivity index (χ3n) is 4.20. The normalized spacial score (nSPS) is 10.3. The lowest BCUT2D eigenvalue weighted by atomic mass is 10.2. The topological polar surface area (TPSA) is 148 Å². The van der Waals surface area contributed by atoms with Gasteiger partial charge in [-0.3, -0.25) is 0 Å². The number of anilines is 2. The molecule has 19 heteroatoms. The summed E-state index contributed by atoms with van der Waals surface area (Å²) < 4.78 is 10.7. The lowest BCUT2D eigenvalue weighted by molar-refractivity contribution is 0.0511. The molecule has 0 aliphatic rings. The molecule has 3 heterocycles. The smallest absolute Gasteiger partial charge is 0.407 e. The highest BCUT2D eigenvalue weighted by Gasteiger charge is 2.17. The van der Waals surface area contributed by atoms with Crippen LogP contribution in [0.3, 0.4) is 0 Å². The van der Waals surface area contributed by atoms with Crippen molar-refractivity contribution >= 4 is 104 Å². The molecule has 3 aromatic rings. The number of halogens is 4. The van der Waals surface area contributed by atoms with Crippen LogP contribution >= 0.6 is 81.2 Å². The van der Waals surface area contributed by atoms with E-state index < -0.39 is 23.4 Å². The van der Waals surface area contributed by atoms with Crippen LogP contribution in [0.2, 0.25) is 4.47 Å². The second-order valence-electron chi connectivity index (χ2n) is 11.1. The van der Waals surface area contributed by atoms with Crippen LogP contribution < -0.4 is 26.2 Å². The number of amides is 2. The number of aromatic nitrogens is 3. The van der Waals surface area contributed by atoms with Crippen LogP contribution in [0.1, 0.15) is 58.6 Å². The monoisotopic (exact) mass is 782 g/mol. The van der Waals surface area contributed by atoms with Crippen molar-refractivity contribution in [2.75, 3.05) is 43.3 Å². The third-order valence-corrected chi connectivity index (χ3v) is 7.34. The van der Waals surface area contributed by atoms with Gasteiger partial charge in [0.1, 0.15) is 11.2 Å². The van der Waals surface area contributed by atoms with E-state index in [1.54, 1.807) is 28.1 Å². The fraction of sp³-hybridized carbons (Fsp3) is 0.593. The van der Waals surface area contributed by atoms with Crippen molar-refractivity contribution in [3.8, 4) is 0 Å². The first-order valence-electron chi connectivity index (χ1n) is 13.4. The van der Waals surface area contributed by atoms with Gasteiger partial charge in [0.2, 0.25) is 0 Å². The van der Waals surface area contributed by atoms with E-state index >= 15 is 0 Å². The Kier molecular flexibility index (Phi) is 23.6. The summed E-state index contributed by atoms with van der Waals surface area (Å²) in [5.41, 5.74) is 6.97. The maximum atomic E-state index is 11.4. The Hall–Kier alpha value is -1.85. The molecule has 0 aliphatic heterocycles. The number of ether oxygens (including phenoxy) is 2. The zero-order chi connectivity index (χ0) is 34.8. The minimum Gasteiger partial charge on any atom is -0.444 e. The van der Waals surface area contributed by atoms with Crippen molar-refractivity contribution in [1.29, 1.82) is 0 Å². The summed E-state index contributed by atoms with van der Waals surface area (Å²) >= 11 is 19.7. The van der Waals surface area contributed by atoms with Gasteiger partial charge in [0.05, 0.1) is 35.5 Å². The van der Waals surface area contributed by atoms with Crippen molar-refractivity contribution in [3.05, 3.63) is 37.7 Å². The summed E-state index contributed by atoms with van der Waals surface area (Å²) in [6, 6.07) is 0. The van der Waals surface area contributed by atoms with Crippen LogP contribution in [0, 0.1) is 0 Å². The quantitative estimate of drug-likeness (QED) is 0.205. The molecule has 0 aromatic carbocycles. The lowest BCUT2D eigenvalue weighted by Gasteiger charge is -2.19. The molecular weight excluding hydrogens is 738 g/mol. The molecule has 0 aliphatic carbocycles. The molecule has 12 nitrogen and oxygen atoms in total. The number of thiazole rings is 3. The number of nitrogens with one attached hydrogen (secondary N) is 2.